The van der Waals surface area contributed by atoms with Crippen molar-refractivity contribution in [3.8, 4) is 0 Å². The van der Waals surface area contributed by atoms with E-state index in [-0.39, 0.29) is 6.61 Å². The first-order valence-electron chi connectivity index (χ1n) is 7.23. The fraction of sp³-hybridized carbons (Fsp3) is 1.00. The van der Waals surface area contributed by atoms with Crippen molar-refractivity contribution in [1.82, 2.24) is 0 Å². The molecular weight excluding hydrogens is 499 g/mol. The van der Waals surface area contributed by atoms with Crippen molar-refractivity contribution in [3.05, 3.63) is 0 Å². The fourth-order valence-electron chi connectivity index (χ4n) is 1.77. The lowest BCUT2D eigenvalue weighted by atomic mass is 9.89. The standard InChI is InChI=1S/C12H7F17O2/c13-5(14,3-30-1-4-2-31-4)6(15,16)7(17,18)8(19,20)9(21,22)10(23,24)11(25,26)12(27,28)29/h4H,1-3H2. The van der Waals surface area contributed by atoms with E-state index < -0.39 is 67.0 Å². The van der Waals surface area contributed by atoms with Crippen LogP contribution in [0.1, 0.15) is 0 Å². The molecule has 0 aromatic rings. The van der Waals surface area contributed by atoms with Gasteiger partial charge in [-0.05, 0) is 0 Å². The van der Waals surface area contributed by atoms with E-state index in [2.05, 4.69) is 9.47 Å². The van der Waals surface area contributed by atoms with Crippen LogP contribution in [0.25, 0.3) is 0 Å². The lowest BCUT2D eigenvalue weighted by Crippen LogP contribution is -2.74. The van der Waals surface area contributed by atoms with Crippen molar-refractivity contribution < 1.29 is 84.1 Å². The first-order chi connectivity index (χ1) is 13.3. The highest BCUT2D eigenvalue weighted by molar-refractivity contribution is 5.15. The Balaban J connectivity index is 3.39. The van der Waals surface area contributed by atoms with E-state index in [1.807, 2.05) is 0 Å². The smallest absolute Gasteiger partial charge is 0.372 e. The second kappa shape index (κ2) is 7.38. The molecule has 186 valence electrons. The van der Waals surface area contributed by atoms with Gasteiger partial charge in [-0.3, -0.25) is 0 Å². The largest absolute Gasteiger partial charge is 0.460 e. The molecule has 0 saturated carbocycles. The molecule has 0 aromatic heterocycles. The number of hydrogen-bond donors (Lipinski definition) is 0. The van der Waals surface area contributed by atoms with Crippen LogP contribution in [0.2, 0.25) is 0 Å². The van der Waals surface area contributed by atoms with Crippen LogP contribution in [0.15, 0.2) is 0 Å². The molecule has 1 aliphatic heterocycles. The van der Waals surface area contributed by atoms with Gasteiger partial charge in [-0.15, -0.1) is 0 Å². The average molecular weight is 506 g/mol. The van der Waals surface area contributed by atoms with Crippen molar-refractivity contribution >= 4 is 0 Å². The van der Waals surface area contributed by atoms with Crippen LogP contribution in [0, 0.1) is 0 Å². The summed E-state index contributed by atoms with van der Waals surface area (Å²) in [7, 11) is 0. The minimum Gasteiger partial charge on any atom is -0.372 e. The maximum absolute atomic E-state index is 13.4. The summed E-state index contributed by atoms with van der Waals surface area (Å²) in [5.74, 6) is -56.4. The molecule has 0 amide bonds. The summed E-state index contributed by atoms with van der Waals surface area (Å²) >= 11 is 0. The van der Waals surface area contributed by atoms with Crippen molar-refractivity contribution in [2.24, 2.45) is 0 Å². The first-order valence-corrected chi connectivity index (χ1v) is 7.23. The molecule has 0 spiro atoms. The zero-order valence-electron chi connectivity index (χ0n) is 13.9. The molecule has 0 radical (unpaired) electrons. The Morgan fingerprint density at radius 1 is 0.548 bits per heavy atom. The van der Waals surface area contributed by atoms with E-state index in [1.165, 1.54) is 0 Å². The number of hydrogen-bond acceptors (Lipinski definition) is 2. The van der Waals surface area contributed by atoms with Crippen LogP contribution in [0.3, 0.4) is 0 Å². The zero-order chi connectivity index (χ0) is 25.1. The van der Waals surface area contributed by atoms with Crippen molar-refractivity contribution in [1.29, 1.82) is 0 Å². The summed E-state index contributed by atoms with van der Waals surface area (Å²) in [6.45, 7) is -4.10. The van der Waals surface area contributed by atoms with Gasteiger partial charge in [0.05, 0.1) is 13.2 Å². The Morgan fingerprint density at radius 2 is 0.871 bits per heavy atom. The Morgan fingerprint density at radius 3 is 1.19 bits per heavy atom. The summed E-state index contributed by atoms with van der Waals surface area (Å²) in [6, 6.07) is 0. The molecule has 0 N–H and O–H groups in total. The highest BCUT2D eigenvalue weighted by Gasteiger charge is 2.95. The Labute approximate surface area is 159 Å². The third-order valence-corrected chi connectivity index (χ3v) is 3.78. The van der Waals surface area contributed by atoms with Gasteiger partial charge in [0.2, 0.25) is 0 Å². The second-order valence-corrected chi connectivity index (χ2v) is 6.12. The van der Waals surface area contributed by atoms with Crippen LogP contribution < -0.4 is 0 Å². The van der Waals surface area contributed by atoms with E-state index in [4.69, 9.17) is 0 Å². The van der Waals surface area contributed by atoms with Crippen LogP contribution in [-0.4, -0.2) is 73.6 Å². The van der Waals surface area contributed by atoms with Crippen molar-refractivity contribution in [2.75, 3.05) is 19.8 Å². The Bertz CT molecular complexity index is 648. The molecular formula is C12H7F17O2. The average Bonchev–Trinajstić information content (AvgIpc) is 3.36. The summed E-state index contributed by atoms with van der Waals surface area (Å²) < 4.78 is 228. The summed E-state index contributed by atoms with van der Waals surface area (Å²) in [5.41, 5.74) is 0. The van der Waals surface area contributed by atoms with E-state index in [0.29, 0.717) is 0 Å². The van der Waals surface area contributed by atoms with Gasteiger partial charge in [0.25, 0.3) is 0 Å². The topological polar surface area (TPSA) is 21.8 Å². The molecule has 1 atom stereocenters. The first kappa shape index (κ1) is 27.8. The SMILES string of the molecule is FC(F)(F)C(F)(F)C(F)(F)C(F)(F)C(F)(F)C(F)(F)C(F)(F)C(F)(F)COCC1CO1. The van der Waals surface area contributed by atoms with Gasteiger partial charge in [-0.1, -0.05) is 0 Å². The maximum atomic E-state index is 13.4. The summed E-state index contributed by atoms with van der Waals surface area (Å²) in [5, 5.41) is 0. The van der Waals surface area contributed by atoms with E-state index in [0.717, 1.165) is 0 Å². The number of rotatable bonds is 10. The zero-order valence-corrected chi connectivity index (χ0v) is 13.9. The molecule has 1 heterocycles. The minimum absolute atomic E-state index is 0.190. The van der Waals surface area contributed by atoms with Gasteiger partial charge in [0, 0.05) is 0 Å². The molecule has 19 heteroatoms. The molecule has 1 unspecified atom stereocenters. The molecule has 1 rings (SSSR count). The van der Waals surface area contributed by atoms with E-state index in [9.17, 15) is 74.6 Å². The third-order valence-electron chi connectivity index (χ3n) is 3.78. The van der Waals surface area contributed by atoms with Gasteiger partial charge in [-0.25, -0.2) is 0 Å². The van der Waals surface area contributed by atoms with E-state index >= 15 is 0 Å². The normalized spacial score (nSPS) is 20.2. The van der Waals surface area contributed by atoms with Gasteiger partial charge in [0.15, 0.2) is 0 Å². The van der Waals surface area contributed by atoms with Crippen LogP contribution in [0.5, 0.6) is 0 Å². The number of epoxide rings is 1. The molecule has 1 saturated heterocycles. The molecule has 31 heavy (non-hydrogen) atoms. The number of halogens is 17. The highest BCUT2D eigenvalue weighted by atomic mass is 19.4. The lowest BCUT2D eigenvalue weighted by molar-refractivity contribution is -0.462. The van der Waals surface area contributed by atoms with Crippen LogP contribution >= 0.6 is 0 Å². The third kappa shape index (κ3) is 3.99. The van der Waals surface area contributed by atoms with Crippen LogP contribution in [-0.2, 0) is 9.47 Å². The lowest BCUT2D eigenvalue weighted by Gasteiger charge is -2.42. The van der Waals surface area contributed by atoms with Gasteiger partial charge < -0.3 is 9.47 Å². The fourth-order valence-corrected chi connectivity index (χ4v) is 1.77. The van der Waals surface area contributed by atoms with Crippen molar-refractivity contribution in [3.63, 3.8) is 0 Å². The molecule has 0 aliphatic carbocycles. The Kier molecular flexibility index (Phi) is 6.61. The molecule has 0 bridgehead atoms. The second-order valence-electron chi connectivity index (χ2n) is 6.12. The van der Waals surface area contributed by atoms with Crippen LogP contribution in [0.4, 0.5) is 74.6 Å². The quantitative estimate of drug-likeness (QED) is 0.292. The van der Waals surface area contributed by atoms with Gasteiger partial charge in [0.1, 0.15) is 12.7 Å². The maximum Gasteiger partial charge on any atom is 0.460 e. The Hall–Kier alpha value is -1.27. The number of alkyl halides is 17. The predicted molar refractivity (Wildman–Crippen MR) is 61.2 cm³/mol. The monoisotopic (exact) mass is 506 g/mol. The summed E-state index contributed by atoms with van der Waals surface area (Å²) in [6.07, 6.45) is -8.77. The number of ether oxygens (including phenoxy) is 2. The minimum atomic E-state index is -8.62. The van der Waals surface area contributed by atoms with E-state index in [1.54, 1.807) is 0 Å². The predicted octanol–water partition coefficient (Wildman–Crippen LogP) is 5.41. The molecule has 1 aliphatic rings. The molecule has 2 nitrogen and oxygen atoms in total. The van der Waals surface area contributed by atoms with Gasteiger partial charge in [-0.2, -0.15) is 74.6 Å². The molecule has 0 aromatic carbocycles. The highest BCUT2D eigenvalue weighted by Crippen LogP contribution is 2.63. The summed E-state index contributed by atoms with van der Waals surface area (Å²) in [4.78, 5) is 0. The van der Waals surface area contributed by atoms with Crippen molar-refractivity contribution in [2.45, 2.75) is 53.7 Å². The molecule has 1 fully saturated rings. The van der Waals surface area contributed by atoms with Gasteiger partial charge >= 0.3 is 47.6 Å².